The molecule has 3 N–H and O–H groups in total. The van der Waals surface area contributed by atoms with Gasteiger partial charge in [0.15, 0.2) is 0 Å². The summed E-state index contributed by atoms with van der Waals surface area (Å²) in [7, 11) is 0. The number of H-pyrrole nitrogens is 1. The molecule has 0 saturated carbocycles. The molecule has 0 saturated heterocycles. The van der Waals surface area contributed by atoms with Gasteiger partial charge < -0.3 is 20.5 Å². The van der Waals surface area contributed by atoms with Crippen LogP contribution in [-0.4, -0.2) is 28.0 Å². The highest BCUT2D eigenvalue weighted by molar-refractivity contribution is 6.01. The lowest BCUT2D eigenvalue weighted by atomic mass is 10.1. The van der Waals surface area contributed by atoms with Crippen LogP contribution in [0.25, 0.3) is 10.9 Å². The number of aromatic amines is 1. The van der Waals surface area contributed by atoms with Crippen molar-refractivity contribution >= 4 is 22.6 Å². The van der Waals surface area contributed by atoms with E-state index < -0.39 is 0 Å². The van der Waals surface area contributed by atoms with Gasteiger partial charge in [-0.3, -0.25) is 0 Å². The second-order valence-corrected chi connectivity index (χ2v) is 6.63. The van der Waals surface area contributed by atoms with E-state index in [2.05, 4.69) is 41.3 Å². The van der Waals surface area contributed by atoms with Gasteiger partial charge in [0, 0.05) is 41.1 Å². The molecule has 1 aliphatic rings. The number of nitrogens with one attached hydrogen (secondary N) is 3. The van der Waals surface area contributed by atoms with Crippen LogP contribution in [0, 0.1) is 0 Å². The summed E-state index contributed by atoms with van der Waals surface area (Å²) in [6.45, 7) is 7.26. The number of hydrogen-bond donors (Lipinski definition) is 3. The summed E-state index contributed by atoms with van der Waals surface area (Å²) in [6.07, 6.45) is 7.75. The average Bonchev–Trinajstić information content (AvgIpc) is 2.90. The van der Waals surface area contributed by atoms with Crippen LogP contribution in [0.2, 0.25) is 0 Å². The summed E-state index contributed by atoms with van der Waals surface area (Å²) in [5.41, 5.74) is 2.66. The molecule has 0 fully saturated rings. The number of benzene rings is 1. The Hall–Kier alpha value is -2.69. The molecule has 2 aromatic rings. The quantitative estimate of drug-likeness (QED) is 0.790. The Morgan fingerprint density at radius 3 is 2.70 bits per heavy atom. The Bertz CT molecular complexity index is 780. The van der Waals surface area contributed by atoms with Crippen LogP contribution < -0.4 is 10.6 Å². The number of fused-ring (bicyclic) bond motifs is 1. The number of allylic oxidation sites excluding steroid dienone is 1. The number of anilines is 1. The van der Waals surface area contributed by atoms with Crippen LogP contribution >= 0.6 is 0 Å². The molecule has 3 rings (SSSR count). The molecular weight excluding hydrogens is 288 g/mol. The van der Waals surface area contributed by atoms with Crippen molar-refractivity contribution in [3.63, 3.8) is 0 Å². The first-order chi connectivity index (χ1) is 10.9. The zero-order valence-electron chi connectivity index (χ0n) is 13.7. The van der Waals surface area contributed by atoms with E-state index in [9.17, 15) is 4.79 Å². The van der Waals surface area contributed by atoms with Gasteiger partial charge in [0.2, 0.25) is 0 Å². The summed E-state index contributed by atoms with van der Waals surface area (Å²) in [5, 5.41) is 6.76. The van der Waals surface area contributed by atoms with Gasteiger partial charge in [-0.2, -0.15) is 0 Å². The smallest absolute Gasteiger partial charge is 0.323 e. The molecular formula is C18H22N4O. The Morgan fingerprint density at radius 1 is 1.22 bits per heavy atom. The fraction of sp³-hybridized carbons (Fsp3) is 0.278. The van der Waals surface area contributed by atoms with Crippen molar-refractivity contribution < 1.29 is 4.79 Å². The molecule has 120 valence electrons. The lowest BCUT2D eigenvalue weighted by Crippen LogP contribution is -2.39. The minimum atomic E-state index is -0.241. The minimum absolute atomic E-state index is 0.0742. The molecule has 0 bridgehead atoms. The minimum Gasteiger partial charge on any atom is -0.369 e. The number of carbonyl (C=O) groups is 1. The average molecular weight is 310 g/mol. The van der Waals surface area contributed by atoms with Crippen molar-refractivity contribution in [3.8, 4) is 0 Å². The van der Waals surface area contributed by atoms with E-state index in [-0.39, 0.29) is 11.6 Å². The van der Waals surface area contributed by atoms with Crippen LogP contribution in [0.3, 0.4) is 0 Å². The maximum absolute atomic E-state index is 12.2. The lowest BCUT2D eigenvalue weighted by molar-refractivity contribution is 0.223. The van der Waals surface area contributed by atoms with Gasteiger partial charge in [0.1, 0.15) is 0 Å². The maximum Gasteiger partial charge on any atom is 0.323 e. The Morgan fingerprint density at radius 2 is 2.00 bits per heavy atom. The predicted molar refractivity (Wildman–Crippen MR) is 94.1 cm³/mol. The van der Waals surface area contributed by atoms with Crippen molar-refractivity contribution in [2.45, 2.75) is 26.3 Å². The first kappa shape index (κ1) is 15.2. The highest BCUT2D eigenvalue weighted by Gasteiger charge is 2.19. The van der Waals surface area contributed by atoms with Gasteiger partial charge in [0.25, 0.3) is 0 Å². The molecule has 0 aliphatic carbocycles. The molecule has 1 aromatic carbocycles. The van der Waals surface area contributed by atoms with E-state index in [1.165, 1.54) is 0 Å². The molecule has 2 amide bonds. The molecule has 0 spiro atoms. The van der Waals surface area contributed by atoms with Gasteiger partial charge in [-0.05, 0) is 39.0 Å². The number of aromatic nitrogens is 1. The number of para-hydroxylation sites is 1. The third-order valence-electron chi connectivity index (χ3n) is 3.90. The fourth-order valence-corrected chi connectivity index (χ4v) is 2.55. The van der Waals surface area contributed by atoms with Crippen molar-refractivity contribution in [1.29, 1.82) is 0 Å². The molecule has 2 heterocycles. The van der Waals surface area contributed by atoms with Crippen LogP contribution in [0.1, 0.15) is 20.8 Å². The molecule has 5 heteroatoms. The van der Waals surface area contributed by atoms with Gasteiger partial charge in [-0.25, -0.2) is 4.79 Å². The largest absolute Gasteiger partial charge is 0.369 e. The molecule has 23 heavy (non-hydrogen) atoms. The van der Waals surface area contributed by atoms with E-state index in [4.69, 9.17) is 0 Å². The van der Waals surface area contributed by atoms with E-state index in [0.717, 1.165) is 28.8 Å². The topological polar surface area (TPSA) is 60.2 Å². The van der Waals surface area contributed by atoms with Gasteiger partial charge in [-0.15, -0.1) is 0 Å². The van der Waals surface area contributed by atoms with E-state index in [1.54, 1.807) is 6.20 Å². The van der Waals surface area contributed by atoms with Gasteiger partial charge >= 0.3 is 6.03 Å². The van der Waals surface area contributed by atoms with Crippen molar-refractivity contribution in [3.05, 3.63) is 54.5 Å². The highest BCUT2D eigenvalue weighted by Crippen LogP contribution is 2.22. The molecule has 1 aromatic heterocycles. The highest BCUT2D eigenvalue weighted by atomic mass is 16.2. The Kier molecular flexibility index (Phi) is 3.86. The summed E-state index contributed by atoms with van der Waals surface area (Å²) in [5.74, 6) is 0. The van der Waals surface area contributed by atoms with E-state index in [1.807, 2.05) is 42.6 Å². The lowest BCUT2D eigenvalue weighted by Gasteiger charge is -2.35. The summed E-state index contributed by atoms with van der Waals surface area (Å²) in [4.78, 5) is 17.5. The first-order valence-corrected chi connectivity index (χ1v) is 7.73. The van der Waals surface area contributed by atoms with Crippen LogP contribution in [0.15, 0.2) is 54.5 Å². The monoisotopic (exact) mass is 310 g/mol. The fourth-order valence-electron chi connectivity index (χ4n) is 2.55. The predicted octanol–water partition coefficient (Wildman–Crippen LogP) is 3.80. The summed E-state index contributed by atoms with van der Waals surface area (Å²) in [6, 6.07) is 7.62. The van der Waals surface area contributed by atoms with Crippen LogP contribution in [0.4, 0.5) is 10.5 Å². The first-order valence-electron chi connectivity index (χ1n) is 7.73. The third kappa shape index (κ3) is 3.39. The van der Waals surface area contributed by atoms with Crippen molar-refractivity contribution in [2.75, 3.05) is 11.9 Å². The number of nitrogens with zero attached hydrogens (tertiary/aromatic N) is 1. The summed E-state index contributed by atoms with van der Waals surface area (Å²) < 4.78 is 0. The number of hydrogen-bond acceptors (Lipinski definition) is 2. The second kappa shape index (κ2) is 5.83. The van der Waals surface area contributed by atoms with Crippen LogP contribution in [0.5, 0.6) is 0 Å². The number of amides is 2. The number of carbonyl (C=O) groups excluding carboxylic acids is 1. The second-order valence-electron chi connectivity index (χ2n) is 6.63. The number of rotatable bonds is 2. The van der Waals surface area contributed by atoms with Crippen molar-refractivity contribution in [1.82, 2.24) is 15.2 Å². The molecule has 0 atom stereocenters. The number of urea groups is 1. The van der Waals surface area contributed by atoms with Gasteiger partial charge in [0.05, 0.1) is 5.69 Å². The zero-order chi connectivity index (χ0) is 16.4. The molecule has 1 aliphatic heterocycles. The normalized spacial score (nSPS) is 14.7. The van der Waals surface area contributed by atoms with E-state index in [0.29, 0.717) is 0 Å². The molecule has 0 unspecified atom stereocenters. The SMILES string of the molecule is CC(C)(C)N1C=CC(NC(=O)Nc2c[nH]c3ccccc23)=CC1. The standard InChI is InChI=1S/C18H22N4O/c1-18(2,3)22-10-8-13(9-11-22)20-17(23)21-16-12-19-15-7-5-4-6-14(15)16/h4-10,12,19H,11H2,1-3H3,(H2,20,21,23). The molecule has 5 nitrogen and oxygen atoms in total. The Balaban J connectivity index is 1.63. The summed E-state index contributed by atoms with van der Waals surface area (Å²) >= 11 is 0. The third-order valence-corrected chi connectivity index (χ3v) is 3.90. The molecule has 0 radical (unpaired) electrons. The van der Waals surface area contributed by atoms with Gasteiger partial charge in [-0.1, -0.05) is 18.2 Å². The van der Waals surface area contributed by atoms with E-state index >= 15 is 0 Å². The maximum atomic E-state index is 12.2. The zero-order valence-corrected chi connectivity index (χ0v) is 13.7. The Labute approximate surface area is 136 Å². The van der Waals surface area contributed by atoms with Crippen molar-refractivity contribution in [2.24, 2.45) is 0 Å². The van der Waals surface area contributed by atoms with Crippen LogP contribution in [-0.2, 0) is 0 Å².